The maximum atomic E-state index is 6.33. The van der Waals surface area contributed by atoms with Crippen LogP contribution in [0.15, 0.2) is 29.8 Å². The highest BCUT2D eigenvalue weighted by Gasteiger charge is 2.26. The molecular formula is C20H29N3. The standard InChI is InChI=1S/C20H29N3/c1-13-12-23(5)14(2)10-16(13)19-15-8-6-7-9-17(15)22-18(19)11-20(3,4)21/h6-9,14,22H,10-12,21H2,1-5H3. The van der Waals surface area contributed by atoms with E-state index in [4.69, 9.17) is 5.73 Å². The van der Waals surface area contributed by atoms with Crippen molar-refractivity contribution in [3.63, 3.8) is 0 Å². The molecule has 3 rings (SSSR count). The Kier molecular flexibility index (Phi) is 4.11. The molecule has 1 aromatic carbocycles. The van der Waals surface area contributed by atoms with Gasteiger partial charge in [-0.15, -0.1) is 0 Å². The van der Waals surface area contributed by atoms with Gasteiger partial charge in [0.2, 0.25) is 0 Å². The third-order valence-electron chi connectivity index (χ3n) is 4.97. The smallest absolute Gasteiger partial charge is 0.0462 e. The monoisotopic (exact) mass is 311 g/mol. The molecule has 23 heavy (non-hydrogen) atoms. The van der Waals surface area contributed by atoms with Crippen LogP contribution in [-0.2, 0) is 6.42 Å². The number of rotatable bonds is 3. The Hall–Kier alpha value is -1.58. The summed E-state index contributed by atoms with van der Waals surface area (Å²) in [5.74, 6) is 0. The van der Waals surface area contributed by atoms with Crippen molar-refractivity contribution in [2.75, 3.05) is 13.6 Å². The summed E-state index contributed by atoms with van der Waals surface area (Å²) in [5, 5.41) is 1.33. The van der Waals surface area contributed by atoms with Crippen molar-refractivity contribution in [2.45, 2.75) is 52.1 Å². The molecule has 1 atom stereocenters. The minimum Gasteiger partial charge on any atom is -0.358 e. The summed E-state index contributed by atoms with van der Waals surface area (Å²) < 4.78 is 0. The average Bonchev–Trinajstić information content (AvgIpc) is 2.78. The lowest BCUT2D eigenvalue weighted by atomic mass is 9.86. The first kappa shape index (κ1) is 16.3. The molecule has 0 saturated heterocycles. The number of fused-ring (bicyclic) bond motifs is 1. The van der Waals surface area contributed by atoms with Gasteiger partial charge in [0, 0.05) is 46.7 Å². The maximum absolute atomic E-state index is 6.33. The molecule has 0 spiro atoms. The van der Waals surface area contributed by atoms with Gasteiger partial charge in [0.25, 0.3) is 0 Å². The van der Waals surface area contributed by atoms with Gasteiger partial charge in [0.15, 0.2) is 0 Å². The molecule has 0 bridgehead atoms. The second-order valence-corrected chi connectivity index (χ2v) is 7.92. The Bertz CT molecular complexity index is 746. The Balaban J connectivity index is 2.19. The number of hydrogen-bond acceptors (Lipinski definition) is 2. The minimum absolute atomic E-state index is 0.221. The molecule has 0 fully saturated rings. The van der Waals surface area contributed by atoms with Crippen LogP contribution in [0.5, 0.6) is 0 Å². The molecule has 0 aliphatic carbocycles. The molecule has 0 radical (unpaired) electrons. The van der Waals surface area contributed by atoms with Crippen molar-refractivity contribution >= 4 is 16.5 Å². The van der Waals surface area contributed by atoms with E-state index in [0.717, 1.165) is 19.4 Å². The lowest BCUT2D eigenvalue weighted by molar-refractivity contribution is 0.271. The summed E-state index contributed by atoms with van der Waals surface area (Å²) in [4.78, 5) is 6.07. The topological polar surface area (TPSA) is 45.1 Å². The van der Waals surface area contributed by atoms with Crippen molar-refractivity contribution in [3.8, 4) is 0 Å². The van der Waals surface area contributed by atoms with Gasteiger partial charge in [-0.2, -0.15) is 0 Å². The Morgan fingerprint density at radius 3 is 2.70 bits per heavy atom. The van der Waals surface area contributed by atoms with Gasteiger partial charge in [-0.3, -0.25) is 4.90 Å². The predicted octanol–water partition coefficient (Wildman–Crippen LogP) is 3.95. The third-order valence-corrected chi connectivity index (χ3v) is 4.97. The Morgan fingerprint density at radius 2 is 2.00 bits per heavy atom. The number of aromatic amines is 1. The van der Waals surface area contributed by atoms with Crippen LogP contribution >= 0.6 is 0 Å². The Morgan fingerprint density at radius 1 is 1.30 bits per heavy atom. The second-order valence-electron chi connectivity index (χ2n) is 7.92. The van der Waals surface area contributed by atoms with Gasteiger partial charge in [-0.25, -0.2) is 0 Å². The van der Waals surface area contributed by atoms with Gasteiger partial charge in [0.1, 0.15) is 0 Å². The fraction of sp³-hybridized carbons (Fsp3) is 0.500. The number of nitrogens with one attached hydrogen (secondary N) is 1. The second kappa shape index (κ2) is 5.81. The van der Waals surface area contributed by atoms with Crippen LogP contribution in [0.3, 0.4) is 0 Å². The van der Waals surface area contributed by atoms with Crippen LogP contribution in [0.2, 0.25) is 0 Å². The van der Waals surface area contributed by atoms with Crippen LogP contribution < -0.4 is 5.73 Å². The molecule has 3 N–H and O–H groups in total. The van der Waals surface area contributed by atoms with E-state index in [9.17, 15) is 0 Å². The predicted molar refractivity (Wildman–Crippen MR) is 99.6 cm³/mol. The van der Waals surface area contributed by atoms with Crippen molar-refractivity contribution in [1.82, 2.24) is 9.88 Å². The number of likely N-dealkylation sites (N-methyl/N-ethyl adjacent to an activating group) is 1. The van der Waals surface area contributed by atoms with E-state index < -0.39 is 0 Å². The summed E-state index contributed by atoms with van der Waals surface area (Å²) in [6, 6.07) is 9.20. The van der Waals surface area contributed by atoms with E-state index in [2.05, 4.69) is 68.9 Å². The number of nitrogens with two attached hydrogens (primary N) is 1. The molecule has 0 amide bonds. The molecule has 1 aliphatic rings. The molecule has 2 heterocycles. The number of nitrogens with zero attached hydrogens (tertiary/aromatic N) is 1. The Labute approximate surface area is 139 Å². The van der Waals surface area contributed by atoms with Gasteiger partial charge in [-0.1, -0.05) is 23.8 Å². The fourth-order valence-corrected chi connectivity index (χ4v) is 3.70. The van der Waals surface area contributed by atoms with Crippen molar-refractivity contribution in [2.24, 2.45) is 5.73 Å². The highest BCUT2D eigenvalue weighted by molar-refractivity contribution is 5.95. The summed E-state index contributed by atoms with van der Waals surface area (Å²) in [5.41, 5.74) is 13.0. The van der Waals surface area contributed by atoms with Crippen LogP contribution in [0, 0.1) is 0 Å². The number of hydrogen-bond donors (Lipinski definition) is 2. The maximum Gasteiger partial charge on any atom is 0.0462 e. The quantitative estimate of drug-likeness (QED) is 0.901. The molecule has 2 aromatic rings. The number of aromatic nitrogens is 1. The lowest BCUT2D eigenvalue weighted by Gasteiger charge is -2.33. The number of benzene rings is 1. The number of H-pyrrole nitrogens is 1. The largest absolute Gasteiger partial charge is 0.358 e. The highest BCUT2D eigenvalue weighted by Crippen LogP contribution is 2.37. The van der Waals surface area contributed by atoms with Crippen LogP contribution in [0.25, 0.3) is 16.5 Å². The van der Waals surface area contributed by atoms with Crippen LogP contribution in [0.4, 0.5) is 0 Å². The molecular weight excluding hydrogens is 282 g/mol. The molecule has 1 unspecified atom stereocenters. The minimum atomic E-state index is -0.221. The van der Waals surface area contributed by atoms with E-state index in [-0.39, 0.29) is 5.54 Å². The van der Waals surface area contributed by atoms with Crippen molar-refractivity contribution in [1.29, 1.82) is 0 Å². The number of para-hydroxylation sites is 1. The molecule has 3 nitrogen and oxygen atoms in total. The van der Waals surface area contributed by atoms with Crippen molar-refractivity contribution in [3.05, 3.63) is 41.1 Å². The first-order valence-electron chi connectivity index (χ1n) is 8.54. The zero-order chi connectivity index (χ0) is 16.8. The summed E-state index contributed by atoms with van der Waals surface area (Å²) >= 11 is 0. The van der Waals surface area contributed by atoms with Crippen LogP contribution in [0.1, 0.15) is 45.4 Å². The van der Waals surface area contributed by atoms with E-state index in [0.29, 0.717) is 6.04 Å². The molecule has 1 aromatic heterocycles. The fourth-order valence-electron chi connectivity index (χ4n) is 3.70. The highest BCUT2D eigenvalue weighted by atomic mass is 15.1. The van der Waals surface area contributed by atoms with Crippen molar-refractivity contribution < 1.29 is 0 Å². The third kappa shape index (κ3) is 3.22. The normalized spacial score (nSPS) is 20.5. The van der Waals surface area contributed by atoms with E-state index in [1.165, 1.54) is 33.3 Å². The van der Waals surface area contributed by atoms with E-state index in [1.807, 2.05) is 0 Å². The van der Waals surface area contributed by atoms with E-state index >= 15 is 0 Å². The van der Waals surface area contributed by atoms with E-state index in [1.54, 1.807) is 0 Å². The molecule has 3 heteroatoms. The first-order valence-corrected chi connectivity index (χ1v) is 8.54. The molecule has 124 valence electrons. The molecule has 0 saturated carbocycles. The van der Waals surface area contributed by atoms with Gasteiger partial charge in [0.05, 0.1) is 0 Å². The van der Waals surface area contributed by atoms with Gasteiger partial charge < -0.3 is 10.7 Å². The zero-order valence-corrected chi connectivity index (χ0v) is 15.0. The molecule has 1 aliphatic heterocycles. The summed E-state index contributed by atoms with van der Waals surface area (Å²) in [7, 11) is 2.21. The lowest BCUT2D eigenvalue weighted by Crippen LogP contribution is -2.36. The van der Waals surface area contributed by atoms with Gasteiger partial charge >= 0.3 is 0 Å². The summed E-state index contributed by atoms with van der Waals surface area (Å²) in [6.07, 6.45) is 1.96. The summed E-state index contributed by atoms with van der Waals surface area (Å²) in [6.45, 7) is 9.83. The van der Waals surface area contributed by atoms with Gasteiger partial charge in [-0.05, 0) is 52.8 Å². The average molecular weight is 311 g/mol. The first-order chi connectivity index (χ1) is 10.8. The zero-order valence-electron chi connectivity index (χ0n) is 15.0. The SMILES string of the molecule is CC1=C(c2c(CC(C)(C)N)[nH]c3ccccc23)CC(C)N(C)C1. The van der Waals surface area contributed by atoms with Crippen LogP contribution in [-0.4, -0.2) is 35.1 Å².